The number of benzene rings is 3. The van der Waals surface area contributed by atoms with Gasteiger partial charge in [-0.1, -0.05) is 41.9 Å². The number of carbonyl (C=O) groups is 1. The fraction of sp³-hybridized carbons (Fsp3) is 0.208. The van der Waals surface area contributed by atoms with Crippen LogP contribution < -0.4 is 10.1 Å². The van der Waals surface area contributed by atoms with E-state index in [0.29, 0.717) is 22.0 Å². The number of sulfonamides is 1. The molecule has 0 atom stereocenters. The number of hydrogen-bond acceptors (Lipinski definition) is 4. The summed E-state index contributed by atoms with van der Waals surface area (Å²) in [5.74, 6) is -0.987. The molecule has 3 rings (SSSR count). The Morgan fingerprint density at radius 3 is 2.00 bits per heavy atom. The van der Waals surface area contributed by atoms with Crippen molar-refractivity contribution in [3.05, 3.63) is 88.4 Å². The lowest BCUT2D eigenvalue weighted by molar-refractivity contribution is -0.143. The second kappa shape index (κ2) is 11.2. The monoisotopic (exact) mass is 580 g/mol. The molecule has 3 aromatic carbocycles. The van der Waals surface area contributed by atoms with E-state index in [9.17, 15) is 39.6 Å². The van der Waals surface area contributed by atoms with Crippen LogP contribution in [0.1, 0.15) is 16.7 Å². The molecule has 0 aliphatic heterocycles. The van der Waals surface area contributed by atoms with Crippen LogP contribution >= 0.6 is 11.6 Å². The zero-order valence-corrected chi connectivity index (χ0v) is 21.0. The van der Waals surface area contributed by atoms with Gasteiger partial charge in [-0.2, -0.15) is 30.6 Å². The number of nitrogens with zero attached hydrogens (tertiary/aromatic N) is 1. The largest absolute Gasteiger partial charge is 0.495 e. The summed E-state index contributed by atoms with van der Waals surface area (Å²) in [5.41, 5.74) is -3.61. The zero-order chi connectivity index (χ0) is 28.3. The normalized spacial score (nSPS) is 12.4. The Labute approximate surface area is 218 Å². The van der Waals surface area contributed by atoms with E-state index in [2.05, 4.69) is 0 Å². The number of anilines is 1. The number of amides is 1. The number of carbonyl (C=O) groups excluding carboxylic acids is 1. The van der Waals surface area contributed by atoms with Crippen LogP contribution in [0.2, 0.25) is 5.02 Å². The van der Waals surface area contributed by atoms with Gasteiger partial charge in [0.05, 0.1) is 34.7 Å². The Hall–Kier alpha value is -3.29. The van der Waals surface area contributed by atoms with Crippen LogP contribution in [0.25, 0.3) is 0 Å². The van der Waals surface area contributed by atoms with Crippen molar-refractivity contribution in [1.82, 2.24) is 4.31 Å². The van der Waals surface area contributed by atoms with Gasteiger partial charge in [-0.15, -0.1) is 0 Å². The molecule has 0 bridgehead atoms. The predicted octanol–water partition coefficient (Wildman–Crippen LogP) is 6.22. The van der Waals surface area contributed by atoms with Gasteiger partial charge >= 0.3 is 12.4 Å². The Morgan fingerprint density at radius 2 is 1.50 bits per heavy atom. The molecule has 0 radical (unpaired) electrons. The van der Waals surface area contributed by atoms with E-state index < -0.39 is 51.6 Å². The minimum absolute atomic E-state index is 0.0404. The Morgan fingerprint density at radius 1 is 0.921 bits per heavy atom. The first-order valence-electron chi connectivity index (χ1n) is 10.6. The highest BCUT2D eigenvalue weighted by Gasteiger charge is 2.37. The first-order chi connectivity index (χ1) is 17.6. The number of nitrogens with one attached hydrogen (secondary N) is 1. The number of ether oxygens (including phenoxy) is 1. The lowest BCUT2D eigenvalue weighted by Crippen LogP contribution is -2.37. The fourth-order valence-electron chi connectivity index (χ4n) is 3.36. The fourth-order valence-corrected chi connectivity index (χ4v) is 5.09. The number of alkyl halides is 6. The van der Waals surface area contributed by atoms with Gasteiger partial charge in [0, 0.05) is 12.2 Å². The van der Waals surface area contributed by atoms with Crippen molar-refractivity contribution in [3.8, 4) is 5.75 Å². The number of hydrogen-bond donors (Lipinski definition) is 1. The molecule has 0 spiro atoms. The zero-order valence-electron chi connectivity index (χ0n) is 19.4. The molecule has 0 aliphatic rings. The highest BCUT2D eigenvalue weighted by molar-refractivity contribution is 7.89. The summed E-state index contributed by atoms with van der Waals surface area (Å²) in [7, 11) is -3.11. The number of methoxy groups -OCH3 is 1. The maximum atomic E-state index is 13.4. The highest BCUT2D eigenvalue weighted by atomic mass is 35.5. The molecule has 204 valence electrons. The van der Waals surface area contributed by atoms with Crippen LogP contribution in [0.15, 0.2) is 71.6 Å². The first-order valence-corrected chi connectivity index (χ1v) is 12.4. The van der Waals surface area contributed by atoms with E-state index in [1.807, 2.05) is 5.32 Å². The van der Waals surface area contributed by atoms with Crippen molar-refractivity contribution in [1.29, 1.82) is 0 Å². The molecule has 0 unspecified atom stereocenters. The summed E-state index contributed by atoms with van der Waals surface area (Å²) in [4.78, 5) is 12.4. The smallest absolute Gasteiger partial charge is 0.416 e. The maximum Gasteiger partial charge on any atom is 0.416 e. The van der Waals surface area contributed by atoms with E-state index in [1.165, 1.54) is 19.2 Å². The first kappa shape index (κ1) is 29.3. The third-order valence-corrected chi connectivity index (χ3v) is 7.24. The van der Waals surface area contributed by atoms with Crippen molar-refractivity contribution >= 4 is 33.2 Å². The molecule has 6 nitrogen and oxygen atoms in total. The highest BCUT2D eigenvalue weighted by Crippen LogP contribution is 2.37. The second-order valence-electron chi connectivity index (χ2n) is 7.90. The predicted molar refractivity (Wildman–Crippen MR) is 127 cm³/mol. The van der Waals surface area contributed by atoms with Gasteiger partial charge in [0.25, 0.3) is 0 Å². The van der Waals surface area contributed by atoms with Crippen molar-refractivity contribution in [2.45, 2.75) is 23.8 Å². The molecule has 3 aromatic rings. The number of halogens is 7. The molecule has 0 saturated heterocycles. The summed E-state index contributed by atoms with van der Waals surface area (Å²) in [6, 6.07) is 12.2. The molecule has 1 amide bonds. The third-order valence-electron chi connectivity index (χ3n) is 5.15. The molecular weight excluding hydrogens is 562 g/mol. The van der Waals surface area contributed by atoms with Gasteiger partial charge in [0.1, 0.15) is 5.75 Å². The standard InChI is InChI=1S/C24H19ClF6N2O4S/c1-37-21-8-7-19(12-20(21)25)38(35,36)33(13-15-5-3-2-4-6-15)14-22(34)32-18-10-16(23(26,27)28)9-17(11-18)24(29,30)31/h2-12H,13-14H2,1H3,(H,32,34). The quantitative estimate of drug-likeness (QED) is 0.321. The van der Waals surface area contributed by atoms with E-state index in [1.54, 1.807) is 30.3 Å². The summed E-state index contributed by atoms with van der Waals surface area (Å²) in [5, 5.41) is 1.90. The average molecular weight is 581 g/mol. The lowest BCUT2D eigenvalue weighted by Gasteiger charge is -2.23. The molecule has 14 heteroatoms. The average Bonchev–Trinajstić information content (AvgIpc) is 2.83. The lowest BCUT2D eigenvalue weighted by atomic mass is 10.1. The van der Waals surface area contributed by atoms with Crippen LogP contribution in [0.4, 0.5) is 32.0 Å². The molecule has 0 aliphatic carbocycles. The summed E-state index contributed by atoms with van der Waals surface area (Å²) in [6.07, 6.45) is -10.3. The van der Waals surface area contributed by atoms with Gasteiger partial charge in [0.2, 0.25) is 15.9 Å². The van der Waals surface area contributed by atoms with Crippen molar-refractivity contribution in [2.75, 3.05) is 19.0 Å². The van der Waals surface area contributed by atoms with E-state index >= 15 is 0 Å². The maximum absolute atomic E-state index is 13.4. The third kappa shape index (κ3) is 7.17. The molecule has 0 heterocycles. The molecule has 38 heavy (non-hydrogen) atoms. The topological polar surface area (TPSA) is 75.7 Å². The SMILES string of the molecule is COc1ccc(S(=O)(=O)N(CC(=O)Nc2cc(C(F)(F)F)cc(C(F)(F)F)c2)Cc2ccccc2)cc1Cl. The van der Waals surface area contributed by atoms with Crippen LogP contribution in [0.3, 0.4) is 0 Å². The minimum Gasteiger partial charge on any atom is -0.495 e. The van der Waals surface area contributed by atoms with Crippen LogP contribution in [-0.4, -0.2) is 32.3 Å². The molecular formula is C24H19ClF6N2O4S. The van der Waals surface area contributed by atoms with E-state index in [-0.39, 0.29) is 28.3 Å². The Kier molecular flexibility index (Phi) is 8.64. The second-order valence-corrected chi connectivity index (χ2v) is 10.2. The van der Waals surface area contributed by atoms with Gasteiger partial charge in [-0.25, -0.2) is 8.42 Å². The van der Waals surface area contributed by atoms with Crippen LogP contribution in [0.5, 0.6) is 5.75 Å². The molecule has 1 N–H and O–H groups in total. The van der Waals surface area contributed by atoms with Crippen LogP contribution in [0, 0.1) is 0 Å². The number of rotatable bonds is 8. The molecule has 0 fully saturated rings. The van der Waals surface area contributed by atoms with Gasteiger partial charge in [0.15, 0.2) is 0 Å². The molecule has 0 aromatic heterocycles. The summed E-state index contributed by atoms with van der Waals surface area (Å²) in [6.45, 7) is -1.27. The van der Waals surface area contributed by atoms with Crippen molar-refractivity contribution in [3.63, 3.8) is 0 Å². The van der Waals surface area contributed by atoms with Crippen molar-refractivity contribution < 1.29 is 44.3 Å². The van der Waals surface area contributed by atoms with E-state index in [0.717, 1.165) is 6.07 Å². The Bertz CT molecular complexity index is 1380. The molecule has 0 saturated carbocycles. The van der Waals surface area contributed by atoms with E-state index in [4.69, 9.17) is 16.3 Å². The van der Waals surface area contributed by atoms with Gasteiger partial charge in [-0.3, -0.25) is 4.79 Å². The van der Waals surface area contributed by atoms with Crippen LogP contribution in [-0.2, 0) is 33.7 Å². The summed E-state index contributed by atoms with van der Waals surface area (Å²) >= 11 is 6.05. The van der Waals surface area contributed by atoms with Crippen molar-refractivity contribution in [2.24, 2.45) is 0 Å². The Balaban J connectivity index is 1.96. The summed E-state index contributed by atoms with van der Waals surface area (Å²) < 4.78 is 112. The van der Waals surface area contributed by atoms with Gasteiger partial charge in [-0.05, 0) is 42.0 Å². The minimum atomic E-state index is -5.13. The van der Waals surface area contributed by atoms with Gasteiger partial charge < -0.3 is 10.1 Å².